The van der Waals surface area contributed by atoms with Crippen LogP contribution in [0.4, 0.5) is 19.0 Å². The number of halogens is 3. The number of pyridine rings is 1. The lowest BCUT2D eigenvalue weighted by atomic mass is 10.1. The second kappa shape index (κ2) is 6.91. The summed E-state index contributed by atoms with van der Waals surface area (Å²) < 4.78 is 50.2. The van der Waals surface area contributed by atoms with Gasteiger partial charge in [-0.3, -0.25) is 4.79 Å². The Morgan fingerprint density at radius 1 is 1.45 bits per heavy atom. The van der Waals surface area contributed by atoms with Crippen molar-refractivity contribution >= 4 is 11.8 Å². The second-order valence-corrected chi connectivity index (χ2v) is 3.75. The molecule has 0 spiro atoms. The van der Waals surface area contributed by atoms with Crippen LogP contribution in [-0.4, -0.2) is 36.0 Å². The van der Waals surface area contributed by atoms with Crippen LogP contribution >= 0.6 is 0 Å². The smallest absolute Gasteiger partial charge is 0.496 e. The molecule has 11 heteroatoms. The molecular formula is C11H11F3N2O6. The summed E-state index contributed by atoms with van der Waals surface area (Å²) in [6.45, 7) is 1.52. The summed E-state index contributed by atoms with van der Waals surface area (Å²) in [5.41, 5.74) is -0.399. The number of nitro groups is 1. The number of carbonyl (C=O) groups excluding carboxylic acids is 1. The fourth-order valence-corrected chi connectivity index (χ4v) is 1.50. The van der Waals surface area contributed by atoms with Crippen molar-refractivity contribution in [3.8, 4) is 11.6 Å². The summed E-state index contributed by atoms with van der Waals surface area (Å²) >= 11 is 0. The van der Waals surface area contributed by atoms with Gasteiger partial charge in [-0.25, -0.2) is 0 Å². The van der Waals surface area contributed by atoms with Crippen LogP contribution < -0.4 is 9.47 Å². The van der Waals surface area contributed by atoms with Crippen molar-refractivity contribution in [2.45, 2.75) is 19.7 Å². The minimum Gasteiger partial charge on any atom is -0.496 e. The van der Waals surface area contributed by atoms with E-state index < -0.39 is 40.9 Å². The van der Waals surface area contributed by atoms with Gasteiger partial charge in [0.15, 0.2) is 0 Å². The Balaban J connectivity index is 3.35. The van der Waals surface area contributed by atoms with Gasteiger partial charge in [-0.1, -0.05) is 0 Å². The lowest BCUT2D eigenvalue weighted by molar-refractivity contribution is -0.390. The number of aromatic nitrogens is 1. The van der Waals surface area contributed by atoms with Crippen molar-refractivity contribution in [3.05, 3.63) is 21.7 Å². The highest BCUT2D eigenvalue weighted by atomic mass is 19.4. The van der Waals surface area contributed by atoms with Crippen molar-refractivity contribution in [1.29, 1.82) is 0 Å². The number of esters is 1. The van der Waals surface area contributed by atoms with Gasteiger partial charge in [0.25, 0.3) is 0 Å². The van der Waals surface area contributed by atoms with E-state index in [0.717, 1.165) is 13.2 Å². The Hall–Kier alpha value is -2.59. The highest BCUT2D eigenvalue weighted by Crippen LogP contribution is 2.34. The Morgan fingerprint density at radius 2 is 2.09 bits per heavy atom. The molecule has 0 unspecified atom stereocenters. The maximum absolute atomic E-state index is 12.4. The Kier molecular flexibility index (Phi) is 5.49. The van der Waals surface area contributed by atoms with Crippen LogP contribution in [0.5, 0.6) is 11.6 Å². The average molecular weight is 324 g/mol. The molecule has 0 aliphatic rings. The number of hydrogen-bond donors (Lipinski definition) is 0. The Morgan fingerprint density at radius 3 is 2.55 bits per heavy atom. The third-order valence-electron chi connectivity index (χ3n) is 2.28. The molecule has 0 bridgehead atoms. The molecule has 1 rings (SSSR count). The number of methoxy groups -OCH3 is 1. The van der Waals surface area contributed by atoms with Gasteiger partial charge >= 0.3 is 24.0 Å². The summed E-state index contributed by atoms with van der Waals surface area (Å²) in [4.78, 5) is 24.3. The molecule has 1 aromatic rings. The van der Waals surface area contributed by atoms with Crippen molar-refractivity contribution in [1.82, 2.24) is 4.98 Å². The summed E-state index contributed by atoms with van der Waals surface area (Å²) in [7, 11) is 1.07. The molecule has 0 saturated heterocycles. The summed E-state index contributed by atoms with van der Waals surface area (Å²) in [6, 6.07) is 0.789. The zero-order valence-electron chi connectivity index (χ0n) is 11.5. The van der Waals surface area contributed by atoms with Gasteiger partial charge in [0, 0.05) is 4.98 Å². The SMILES string of the molecule is CCOC(=O)Cc1c(OC)cc([N+](=O)[O-])nc1OC(F)(F)F. The van der Waals surface area contributed by atoms with Crippen LogP contribution in [0.2, 0.25) is 0 Å². The molecule has 0 aliphatic carbocycles. The van der Waals surface area contributed by atoms with Gasteiger partial charge < -0.3 is 24.3 Å². The number of hydrogen-bond acceptors (Lipinski definition) is 7. The first-order valence-corrected chi connectivity index (χ1v) is 5.81. The van der Waals surface area contributed by atoms with E-state index in [4.69, 9.17) is 4.74 Å². The standard InChI is InChI=1S/C11H11F3N2O6/c1-3-21-9(17)4-6-7(20-2)5-8(16(18)19)15-10(6)22-11(12,13)14/h5H,3-4H2,1-2H3. The highest BCUT2D eigenvalue weighted by molar-refractivity contribution is 5.74. The van der Waals surface area contributed by atoms with Crippen LogP contribution in [0.1, 0.15) is 12.5 Å². The monoisotopic (exact) mass is 324 g/mol. The third kappa shape index (κ3) is 4.75. The van der Waals surface area contributed by atoms with Crippen molar-refractivity contribution in [2.24, 2.45) is 0 Å². The van der Waals surface area contributed by atoms with Crippen LogP contribution in [0, 0.1) is 10.1 Å². The second-order valence-electron chi connectivity index (χ2n) is 3.75. The largest absolute Gasteiger partial charge is 0.575 e. The Bertz CT molecular complexity index is 576. The van der Waals surface area contributed by atoms with E-state index in [1.807, 2.05) is 0 Å². The van der Waals surface area contributed by atoms with Crippen LogP contribution in [-0.2, 0) is 16.0 Å². The van der Waals surface area contributed by atoms with E-state index in [-0.39, 0.29) is 12.4 Å². The van der Waals surface area contributed by atoms with Gasteiger partial charge in [0.2, 0.25) is 0 Å². The minimum absolute atomic E-state index is 0.0109. The summed E-state index contributed by atoms with van der Waals surface area (Å²) in [5.74, 6) is -3.24. The number of nitrogens with zero attached hydrogens (tertiary/aromatic N) is 2. The lowest BCUT2D eigenvalue weighted by Crippen LogP contribution is -2.21. The fraction of sp³-hybridized carbons (Fsp3) is 0.455. The lowest BCUT2D eigenvalue weighted by Gasteiger charge is -2.12. The molecule has 22 heavy (non-hydrogen) atoms. The van der Waals surface area contributed by atoms with Gasteiger partial charge in [-0.2, -0.15) is 0 Å². The quantitative estimate of drug-likeness (QED) is 0.448. The number of rotatable bonds is 6. The van der Waals surface area contributed by atoms with E-state index in [1.165, 1.54) is 6.92 Å². The molecule has 0 aromatic carbocycles. The van der Waals surface area contributed by atoms with Gasteiger partial charge in [-0.15, -0.1) is 13.2 Å². The third-order valence-corrected chi connectivity index (χ3v) is 2.28. The van der Waals surface area contributed by atoms with E-state index in [0.29, 0.717) is 0 Å². The molecule has 0 fully saturated rings. The highest BCUT2D eigenvalue weighted by Gasteiger charge is 2.37. The van der Waals surface area contributed by atoms with E-state index in [2.05, 4.69) is 14.5 Å². The van der Waals surface area contributed by atoms with E-state index in [9.17, 15) is 28.1 Å². The van der Waals surface area contributed by atoms with Crippen LogP contribution in [0.3, 0.4) is 0 Å². The minimum atomic E-state index is -5.14. The van der Waals surface area contributed by atoms with Crippen molar-refractivity contribution in [2.75, 3.05) is 13.7 Å². The molecule has 0 atom stereocenters. The van der Waals surface area contributed by atoms with Crippen molar-refractivity contribution in [3.63, 3.8) is 0 Å². The van der Waals surface area contributed by atoms with Gasteiger partial charge in [-0.05, 0) is 11.8 Å². The first-order chi connectivity index (χ1) is 10.2. The number of ether oxygens (including phenoxy) is 3. The molecular weight excluding hydrogens is 313 g/mol. The molecule has 1 heterocycles. The predicted molar refractivity (Wildman–Crippen MR) is 64.5 cm³/mol. The molecule has 1 aromatic heterocycles. The van der Waals surface area contributed by atoms with Crippen LogP contribution in [0.15, 0.2) is 6.07 Å². The zero-order valence-corrected chi connectivity index (χ0v) is 11.5. The number of carbonyl (C=O) groups is 1. The van der Waals surface area contributed by atoms with Gasteiger partial charge in [0.05, 0.1) is 31.8 Å². The predicted octanol–water partition coefficient (Wildman–Crippen LogP) is 2.00. The molecule has 0 radical (unpaired) electrons. The maximum atomic E-state index is 12.4. The number of alkyl halides is 3. The fourth-order valence-electron chi connectivity index (χ4n) is 1.50. The average Bonchev–Trinajstić information content (AvgIpc) is 2.38. The first kappa shape index (κ1) is 17.5. The topological polar surface area (TPSA) is 101 Å². The van der Waals surface area contributed by atoms with E-state index in [1.54, 1.807) is 0 Å². The summed E-state index contributed by atoms with van der Waals surface area (Å²) in [6.07, 6.45) is -5.79. The maximum Gasteiger partial charge on any atom is 0.575 e. The van der Waals surface area contributed by atoms with Crippen molar-refractivity contribution < 1.29 is 37.1 Å². The summed E-state index contributed by atoms with van der Waals surface area (Å²) in [5, 5.41) is 10.7. The normalized spacial score (nSPS) is 11.0. The molecule has 0 N–H and O–H groups in total. The Labute approximate surface area is 121 Å². The van der Waals surface area contributed by atoms with E-state index >= 15 is 0 Å². The van der Waals surface area contributed by atoms with Crippen LogP contribution in [0.25, 0.3) is 0 Å². The molecule has 0 saturated carbocycles. The zero-order chi connectivity index (χ0) is 16.9. The molecule has 8 nitrogen and oxygen atoms in total. The van der Waals surface area contributed by atoms with Gasteiger partial charge in [0.1, 0.15) is 5.75 Å². The molecule has 122 valence electrons. The first-order valence-electron chi connectivity index (χ1n) is 5.81. The molecule has 0 amide bonds. The molecule has 0 aliphatic heterocycles.